The lowest BCUT2D eigenvalue weighted by Gasteiger charge is -2.30. The summed E-state index contributed by atoms with van der Waals surface area (Å²) in [6.45, 7) is 4.67. The van der Waals surface area contributed by atoms with Gasteiger partial charge in [-0.1, -0.05) is 114 Å². The third-order valence-electron chi connectivity index (χ3n) is 10.4. The van der Waals surface area contributed by atoms with Gasteiger partial charge in [-0.3, -0.25) is 0 Å². The molecule has 0 aromatic heterocycles. The summed E-state index contributed by atoms with van der Waals surface area (Å²) in [7, 11) is 1.68. The molecule has 8 aromatic carbocycles. The van der Waals surface area contributed by atoms with Crippen LogP contribution in [0.1, 0.15) is 25.0 Å². The van der Waals surface area contributed by atoms with E-state index in [1.54, 1.807) is 21.1 Å². The monoisotopic (exact) mass is 804 g/mol. The fourth-order valence-corrected chi connectivity index (χ4v) is 9.09. The number of hydrogen-bond donors (Lipinski definition) is 0. The molecule has 0 heterocycles. The highest BCUT2D eigenvalue weighted by molar-refractivity contribution is 14.2. The number of fused-ring (bicyclic) bond motifs is 6. The van der Waals surface area contributed by atoms with Gasteiger partial charge >= 0.3 is 0 Å². The first kappa shape index (κ1) is 32.8. The maximum absolute atomic E-state index is 14.9. The van der Waals surface area contributed by atoms with Crippen molar-refractivity contribution in [2.45, 2.75) is 24.2 Å². The molecule has 0 bridgehead atoms. The van der Waals surface area contributed by atoms with Crippen molar-refractivity contribution in [3.63, 3.8) is 0 Å². The molecule has 0 radical (unpaired) electrons. The van der Waals surface area contributed by atoms with Crippen LogP contribution in [0.5, 0.6) is 0 Å². The summed E-state index contributed by atoms with van der Waals surface area (Å²) in [4.78, 5) is 5.76. The van der Waals surface area contributed by atoms with Gasteiger partial charge in [0.15, 0.2) is 0 Å². The molecule has 0 fully saturated rings. The summed E-state index contributed by atoms with van der Waals surface area (Å²) in [6, 6.07) is 59.2. The van der Waals surface area contributed by atoms with Gasteiger partial charge in [-0.2, -0.15) is 0 Å². The van der Waals surface area contributed by atoms with E-state index in [-0.39, 0.29) is 11.2 Å². The van der Waals surface area contributed by atoms with Crippen molar-refractivity contribution in [2.75, 3.05) is 9.80 Å². The van der Waals surface area contributed by atoms with Gasteiger partial charge in [-0.05, 0) is 112 Å². The summed E-state index contributed by atoms with van der Waals surface area (Å²) < 4.78 is 14.9. The first-order valence-electron chi connectivity index (χ1n) is 17.4. The van der Waals surface area contributed by atoms with Gasteiger partial charge in [-0.15, -0.1) is 0 Å². The number of benzene rings is 8. The van der Waals surface area contributed by atoms with Gasteiger partial charge in [0.2, 0.25) is 0 Å². The SMILES string of the molecule is CC1(C)c2cc(N(c3ccccc3)c3cccc4ccccc34)ccc2-c2c1cc(N(c1ccc(SI)cc1)c1cccc(F)c1)c1ccccc21. The number of hydrogen-bond acceptors (Lipinski definition) is 3. The Morgan fingerprint density at radius 1 is 0.500 bits per heavy atom. The molecule has 9 rings (SSSR count). The van der Waals surface area contributed by atoms with Crippen molar-refractivity contribution >= 4 is 85.8 Å². The van der Waals surface area contributed by atoms with E-state index in [4.69, 9.17) is 0 Å². The number of rotatable bonds is 7. The van der Waals surface area contributed by atoms with E-state index in [9.17, 15) is 4.39 Å². The molecule has 0 atom stereocenters. The number of anilines is 6. The van der Waals surface area contributed by atoms with Gasteiger partial charge in [0.1, 0.15) is 5.82 Å². The van der Waals surface area contributed by atoms with Crippen molar-refractivity contribution in [1.29, 1.82) is 0 Å². The second kappa shape index (κ2) is 13.1. The van der Waals surface area contributed by atoms with E-state index in [1.165, 1.54) is 49.4 Å². The fourth-order valence-electron chi connectivity index (χ4n) is 7.97. The Kier molecular flexibility index (Phi) is 8.28. The standard InChI is InChI=1S/C47H34FIN2S/c1-47(2)42-29-36(50(33-15-4-3-5-16-33)44-21-10-13-31-12-6-7-18-38(31)44)24-27-41(42)46-40-20-9-8-19-39(40)45(30-43(46)47)51(35-17-11-14-32(48)28-35)34-22-25-37(52-49)26-23-34/h3-30H,1-2H3. The molecule has 0 saturated heterocycles. The zero-order valence-electron chi connectivity index (χ0n) is 28.7. The van der Waals surface area contributed by atoms with Crippen molar-refractivity contribution in [1.82, 2.24) is 0 Å². The van der Waals surface area contributed by atoms with Crippen molar-refractivity contribution in [2.24, 2.45) is 0 Å². The average molecular weight is 805 g/mol. The molecule has 0 saturated carbocycles. The van der Waals surface area contributed by atoms with E-state index in [0.717, 1.165) is 39.5 Å². The number of halogens is 2. The van der Waals surface area contributed by atoms with Crippen LogP contribution >= 0.6 is 30.1 Å². The van der Waals surface area contributed by atoms with E-state index in [0.29, 0.717) is 0 Å². The second-order valence-electron chi connectivity index (χ2n) is 13.8. The van der Waals surface area contributed by atoms with Gasteiger partial charge in [0, 0.05) is 65.0 Å². The molecule has 2 nitrogen and oxygen atoms in total. The largest absolute Gasteiger partial charge is 0.310 e. The molecule has 0 amide bonds. The molecule has 1 aliphatic rings. The van der Waals surface area contributed by atoms with Crippen LogP contribution in [-0.2, 0) is 5.41 Å². The van der Waals surface area contributed by atoms with Crippen LogP contribution < -0.4 is 9.80 Å². The lowest BCUT2D eigenvalue weighted by atomic mass is 9.81. The van der Waals surface area contributed by atoms with E-state index >= 15 is 0 Å². The van der Waals surface area contributed by atoms with Gasteiger partial charge in [-0.25, -0.2) is 4.39 Å². The number of para-hydroxylation sites is 1. The Labute approximate surface area is 320 Å². The Hall–Kier alpha value is -5.11. The van der Waals surface area contributed by atoms with Crippen LogP contribution in [0.25, 0.3) is 32.7 Å². The molecule has 52 heavy (non-hydrogen) atoms. The molecule has 0 N–H and O–H groups in total. The predicted octanol–water partition coefficient (Wildman–Crippen LogP) is 14.8. The van der Waals surface area contributed by atoms with Crippen LogP contribution in [0.2, 0.25) is 0 Å². The smallest absolute Gasteiger partial charge is 0.125 e. The van der Waals surface area contributed by atoms with Crippen molar-refractivity contribution < 1.29 is 4.39 Å². The Balaban J connectivity index is 1.26. The summed E-state index contributed by atoms with van der Waals surface area (Å²) in [6.07, 6.45) is 0. The highest BCUT2D eigenvalue weighted by atomic mass is 127. The highest BCUT2D eigenvalue weighted by Gasteiger charge is 2.38. The van der Waals surface area contributed by atoms with E-state index in [2.05, 4.69) is 190 Å². The molecule has 5 heteroatoms. The van der Waals surface area contributed by atoms with Crippen LogP contribution in [0, 0.1) is 5.82 Å². The molecule has 0 unspecified atom stereocenters. The summed E-state index contributed by atoms with van der Waals surface area (Å²) in [5.41, 5.74) is 10.9. The molecular weight excluding hydrogens is 770 g/mol. The maximum atomic E-state index is 14.9. The second-order valence-corrected chi connectivity index (χ2v) is 15.7. The quantitative estimate of drug-likeness (QED) is 0.148. The highest BCUT2D eigenvalue weighted by Crippen LogP contribution is 2.56. The Bertz CT molecular complexity index is 2610. The van der Waals surface area contributed by atoms with Crippen LogP contribution in [0.15, 0.2) is 175 Å². The minimum atomic E-state index is -0.324. The van der Waals surface area contributed by atoms with E-state index < -0.39 is 0 Å². The molecule has 1 aliphatic carbocycles. The normalized spacial score (nSPS) is 12.8. The lowest BCUT2D eigenvalue weighted by molar-refractivity contribution is 0.628. The van der Waals surface area contributed by atoms with Gasteiger partial charge < -0.3 is 9.80 Å². The zero-order valence-corrected chi connectivity index (χ0v) is 31.7. The van der Waals surface area contributed by atoms with Crippen molar-refractivity contribution in [3.8, 4) is 11.1 Å². The van der Waals surface area contributed by atoms with Gasteiger partial charge in [0.05, 0.1) is 11.4 Å². The first-order chi connectivity index (χ1) is 25.4. The zero-order chi connectivity index (χ0) is 35.4. The fraction of sp³-hybridized carbons (Fsp3) is 0.0638. The van der Waals surface area contributed by atoms with E-state index in [1.807, 2.05) is 6.07 Å². The summed E-state index contributed by atoms with van der Waals surface area (Å²) in [5, 5.41) is 4.71. The summed E-state index contributed by atoms with van der Waals surface area (Å²) >= 11 is 2.31. The molecule has 0 spiro atoms. The molecule has 0 aliphatic heterocycles. The molecule has 8 aromatic rings. The van der Waals surface area contributed by atoms with Crippen molar-refractivity contribution in [3.05, 3.63) is 187 Å². The van der Waals surface area contributed by atoms with Crippen LogP contribution in [0.4, 0.5) is 38.5 Å². The topological polar surface area (TPSA) is 6.48 Å². The predicted molar refractivity (Wildman–Crippen MR) is 228 cm³/mol. The lowest BCUT2D eigenvalue weighted by Crippen LogP contribution is -2.18. The Morgan fingerprint density at radius 3 is 1.87 bits per heavy atom. The Morgan fingerprint density at radius 2 is 1.10 bits per heavy atom. The van der Waals surface area contributed by atoms with Crippen LogP contribution in [-0.4, -0.2) is 0 Å². The van der Waals surface area contributed by atoms with Crippen LogP contribution in [0.3, 0.4) is 0 Å². The third-order valence-corrected chi connectivity index (χ3v) is 12.4. The first-order valence-corrected chi connectivity index (χ1v) is 20.8. The minimum absolute atomic E-state index is 0.262. The molecular formula is C47H34FIN2S. The average Bonchev–Trinajstić information content (AvgIpc) is 3.41. The minimum Gasteiger partial charge on any atom is -0.310 e. The van der Waals surface area contributed by atoms with Gasteiger partial charge in [0.25, 0.3) is 0 Å². The number of nitrogens with zero attached hydrogens (tertiary/aromatic N) is 2. The summed E-state index contributed by atoms with van der Waals surface area (Å²) in [5.74, 6) is -0.262. The maximum Gasteiger partial charge on any atom is 0.125 e. The third kappa shape index (κ3) is 5.46. The molecule has 252 valence electrons.